The van der Waals surface area contributed by atoms with Crippen LogP contribution in [0, 0.1) is 0 Å². The zero-order valence-electron chi connectivity index (χ0n) is 6.25. The van der Waals surface area contributed by atoms with Crippen LogP contribution in [0.25, 0.3) is 0 Å². The molecule has 0 atom stereocenters. The van der Waals surface area contributed by atoms with Gasteiger partial charge in [0.2, 0.25) is 0 Å². The van der Waals surface area contributed by atoms with Crippen molar-refractivity contribution in [3.8, 4) is 0 Å². The topological polar surface area (TPSA) is 53.7 Å². The van der Waals surface area contributed by atoms with E-state index in [0.717, 1.165) is 0 Å². The molecule has 0 bridgehead atoms. The molecule has 2 N–H and O–H groups in total. The Morgan fingerprint density at radius 3 is 1.22 bits per heavy atom. The van der Waals surface area contributed by atoms with Gasteiger partial charge >= 0.3 is 54.5 Å². The molecule has 0 amide bonds. The van der Waals surface area contributed by atoms with E-state index in [1.165, 1.54) is 21.3 Å². The van der Waals surface area contributed by atoms with Crippen molar-refractivity contribution in [3.63, 3.8) is 0 Å². The van der Waals surface area contributed by atoms with E-state index in [9.17, 15) is 0 Å². The Morgan fingerprint density at radius 1 is 1.00 bits per heavy atom. The van der Waals surface area contributed by atoms with Crippen LogP contribution in [0.15, 0.2) is 0 Å². The molecule has 0 aliphatic heterocycles. The summed E-state index contributed by atoms with van der Waals surface area (Å²) in [6.45, 7) is 1.62. The fraction of sp³-hybridized carbons (Fsp3) is 1.00. The second-order valence-electron chi connectivity index (χ2n) is 1.89. The van der Waals surface area contributed by atoms with E-state index in [2.05, 4.69) is 0 Å². The molecule has 0 rings (SSSR count). The van der Waals surface area contributed by atoms with Crippen LogP contribution in [-0.4, -0.2) is 28.0 Å². The van der Waals surface area contributed by atoms with E-state index in [1.54, 1.807) is 6.66 Å². The predicted octanol–water partition coefficient (Wildman–Crippen LogP) is 0.727. The van der Waals surface area contributed by atoms with Crippen molar-refractivity contribution >= 4 is 7.43 Å². The van der Waals surface area contributed by atoms with Crippen molar-refractivity contribution in [3.05, 3.63) is 0 Å². The molecule has 0 saturated heterocycles. The molecule has 0 aliphatic carbocycles. The molecule has 0 saturated carbocycles. The van der Waals surface area contributed by atoms with Gasteiger partial charge in [-0.2, -0.15) is 0 Å². The van der Waals surface area contributed by atoms with Gasteiger partial charge in [-0.25, -0.2) is 0 Å². The number of hydrogen-bond donors (Lipinski definition) is 1. The molecule has 5 heteroatoms. The molecule has 58 valence electrons. The Kier molecular flexibility index (Phi) is 2.56. The van der Waals surface area contributed by atoms with Crippen LogP contribution in [0.1, 0.15) is 0 Å². The van der Waals surface area contributed by atoms with Crippen LogP contribution < -0.4 is 5.50 Å². The predicted molar refractivity (Wildman–Crippen MR) is 38.1 cm³/mol. The number of nitrogens with two attached hydrogens (primary N) is 1. The van der Waals surface area contributed by atoms with Crippen LogP contribution in [0.5, 0.6) is 0 Å². The quantitative estimate of drug-likeness (QED) is 0.610. The summed E-state index contributed by atoms with van der Waals surface area (Å²) in [5.41, 5.74) is 5.60. The van der Waals surface area contributed by atoms with E-state index >= 15 is 0 Å². The van der Waals surface area contributed by atoms with E-state index in [1.807, 2.05) is 0 Å². The van der Waals surface area contributed by atoms with E-state index in [-0.39, 0.29) is 0 Å². The Labute approximate surface area is 55.5 Å². The van der Waals surface area contributed by atoms with Gasteiger partial charge in [-0.1, -0.05) is 0 Å². The van der Waals surface area contributed by atoms with E-state index < -0.39 is 7.43 Å². The van der Waals surface area contributed by atoms with E-state index in [4.69, 9.17) is 19.1 Å². The van der Waals surface area contributed by atoms with Gasteiger partial charge in [0.25, 0.3) is 0 Å². The fourth-order valence-corrected chi connectivity index (χ4v) is 0.671. The summed E-state index contributed by atoms with van der Waals surface area (Å²) >= 11 is 0. The molecule has 9 heavy (non-hydrogen) atoms. The Balaban J connectivity index is 4.20. The van der Waals surface area contributed by atoms with Gasteiger partial charge in [-0.15, -0.1) is 0 Å². The first-order valence-electron chi connectivity index (χ1n) is 2.48. The average Bonchev–Trinajstić information content (AvgIpc) is 1.90. The normalized spacial score (nSPS) is 16.8. The summed E-state index contributed by atoms with van der Waals surface area (Å²) in [5.74, 6) is 0. The maximum atomic E-state index is 5.60. The molecule has 0 radical (unpaired) electrons. The average molecular weight is 155 g/mol. The maximum absolute atomic E-state index is 5.60. The fourth-order valence-electron chi connectivity index (χ4n) is 0.224. The molecular weight excluding hydrogens is 141 g/mol. The van der Waals surface area contributed by atoms with Gasteiger partial charge in [0.05, 0.1) is 0 Å². The van der Waals surface area contributed by atoms with Gasteiger partial charge in [-0.05, 0) is 0 Å². The Bertz CT molecular complexity index is 87.0. The van der Waals surface area contributed by atoms with Gasteiger partial charge in [0.1, 0.15) is 0 Å². The summed E-state index contributed by atoms with van der Waals surface area (Å²) in [6, 6.07) is 0. The van der Waals surface area contributed by atoms with Crippen LogP contribution in [0.4, 0.5) is 0 Å². The second-order valence-corrected chi connectivity index (χ2v) is 5.68. The van der Waals surface area contributed by atoms with Crippen molar-refractivity contribution in [2.45, 2.75) is 0 Å². The molecule has 0 unspecified atom stereocenters. The third-order valence-electron chi connectivity index (χ3n) is 1.31. The van der Waals surface area contributed by atoms with Crippen molar-refractivity contribution in [2.75, 3.05) is 28.0 Å². The molecule has 0 aliphatic rings. The second kappa shape index (κ2) is 2.48. The van der Waals surface area contributed by atoms with Gasteiger partial charge in [0, 0.05) is 0 Å². The summed E-state index contributed by atoms with van der Waals surface area (Å²) in [6.07, 6.45) is 0. The van der Waals surface area contributed by atoms with Crippen LogP contribution >= 0.6 is 7.43 Å². The monoisotopic (exact) mass is 155 g/mol. The summed E-state index contributed by atoms with van der Waals surface area (Å²) in [5, 5.41) is 0. The minimum atomic E-state index is -3.13. The summed E-state index contributed by atoms with van der Waals surface area (Å²) in [4.78, 5) is 0. The molecule has 0 aromatic rings. The molecule has 0 heterocycles. The zero-order valence-corrected chi connectivity index (χ0v) is 7.14. The van der Waals surface area contributed by atoms with Crippen molar-refractivity contribution in [1.82, 2.24) is 0 Å². The van der Waals surface area contributed by atoms with Crippen LogP contribution in [-0.2, 0) is 13.6 Å². The molecular formula is C4H14NO3P. The summed E-state index contributed by atoms with van der Waals surface area (Å²) < 4.78 is 14.7. The third kappa shape index (κ3) is 2.16. The Hall–Kier alpha value is 0.270. The molecule has 0 aromatic carbocycles. The third-order valence-corrected chi connectivity index (χ3v) is 3.93. The first-order chi connectivity index (χ1) is 3.96. The molecule has 0 aromatic heterocycles. The van der Waals surface area contributed by atoms with Crippen molar-refractivity contribution < 1.29 is 13.6 Å². The van der Waals surface area contributed by atoms with Crippen molar-refractivity contribution in [1.29, 1.82) is 0 Å². The van der Waals surface area contributed by atoms with Gasteiger partial charge in [-0.3, -0.25) is 0 Å². The number of rotatable bonds is 3. The standard InChI is InChI=1S/C4H14NO3P/c1-6-9(4,5,7-2)8-3/h5H2,1-4H3. The van der Waals surface area contributed by atoms with Gasteiger partial charge in [0.15, 0.2) is 0 Å². The SMILES string of the molecule is COP(C)(N)(OC)OC. The number of hydrogen-bond acceptors (Lipinski definition) is 4. The zero-order chi connectivity index (χ0) is 7.57. The Morgan fingerprint density at radius 2 is 1.22 bits per heavy atom. The van der Waals surface area contributed by atoms with Crippen LogP contribution in [0.3, 0.4) is 0 Å². The van der Waals surface area contributed by atoms with Crippen LogP contribution in [0.2, 0.25) is 0 Å². The van der Waals surface area contributed by atoms with Gasteiger partial charge < -0.3 is 0 Å². The summed E-state index contributed by atoms with van der Waals surface area (Å²) in [7, 11) is 1.26. The minimum absolute atomic E-state index is 1.46. The molecule has 0 spiro atoms. The molecule has 0 fully saturated rings. The van der Waals surface area contributed by atoms with Crippen molar-refractivity contribution in [2.24, 2.45) is 5.50 Å². The first-order valence-corrected chi connectivity index (χ1v) is 4.98. The first kappa shape index (κ1) is 9.27. The molecule has 4 nitrogen and oxygen atoms in total. The van der Waals surface area contributed by atoms with E-state index in [0.29, 0.717) is 0 Å².